The zero-order chi connectivity index (χ0) is 28.6. The number of anilines is 3. The molecule has 3 aromatic carbocycles. The summed E-state index contributed by atoms with van der Waals surface area (Å²) in [6.45, 7) is 7.62. The van der Waals surface area contributed by atoms with Gasteiger partial charge >= 0.3 is 0 Å². The number of nitro groups is 1. The van der Waals surface area contributed by atoms with Crippen LogP contribution in [0.2, 0.25) is 0 Å². The highest BCUT2D eigenvalue weighted by molar-refractivity contribution is 6.09. The van der Waals surface area contributed by atoms with Crippen molar-refractivity contribution in [1.29, 1.82) is 0 Å². The lowest BCUT2D eigenvalue weighted by atomic mass is 9.94. The third-order valence-corrected chi connectivity index (χ3v) is 6.87. The molecule has 0 fully saturated rings. The Morgan fingerprint density at radius 1 is 0.900 bits per heavy atom. The smallest absolute Gasteiger partial charge is 0.269 e. The largest absolute Gasteiger partial charge is 0.343 e. The topological polar surface area (TPSA) is 131 Å². The first-order valence-corrected chi connectivity index (χ1v) is 12.7. The zero-order valence-electron chi connectivity index (χ0n) is 22.5. The fourth-order valence-electron chi connectivity index (χ4n) is 4.78. The highest BCUT2D eigenvalue weighted by Gasteiger charge is 2.35. The van der Waals surface area contributed by atoms with Gasteiger partial charge in [-0.2, -0.15) is 5.10 Å². The number of aryl methyl sites for hydroxylation is 3. The van der Waals surface area contributed by atoms with Crippen LogP contribution in [0.15, 0.2) is 84.2 Å². The predicted octanol–water partition coefficient (Wildman–Crippen LogP) is 5.90. The van der Waals surface area contributed by atoms with Gasteiger partial charge < -0.3 is 16.0 Å². The first kappa shape index (κ1) is 26.4. The minimum Gasteiger partial charge on any atom is -0.343 e. The minimum atomic E-state index is -0.747. The van der Waals surface area contributed by atoms with Gasteiger partial charge in [-0.05, 0) is 69.2 Å². The van der Waals surface area contributed by atoms with E-state index in [1.165, 1.54) is 18.3 Å². The molecule has 1 aliphatic heterocycles. The Kier molecular flexibility index (Phi) is 6.91. The normalized spacial score (nSPS) is 14.2. The molecule has 10 nitrogen and oxygen atoms in total. The van der Waals surface area contributed by atoms with Crippen LogP contribution >= 0.6 is 0 Å². The molecule has 40 heavy (non-hydrogen) atoms. The number of rotatable bonds is 6. The first-order chi connectivity index (χ1) is 19.1. The molecule has 0 radical (unpaired) electrons. The van der Waals surface area contributed by atoms with Crippen LogP contribution in [0.25, 0.3) is 0 Å². The Balaban J connectivity index is 1.55. The molecule has 0 saturated heterocycles. The van der Waals surface area contributed by atoms with Gasteiger partial charge in [-0.1, -0.05) is 35.4 Å². The molecule has 0 spiro atoms. The quantitative estimate of drug-likeness (QED) is 0.208. The molecule has 0 aliphatic carbocycles. The van der Waals surface area contributed by atoms with Crippen LogP contribution in [0.5, 0.6) is 0 Å². The molecule has 202 valence electrons. The lowest BCUT2D eigenvalue weighted by Gasteiger charge is -2.30. The van der Waals surface area contributed by atoms with Gasteiger partial charge in [0.2, 0.25) is 0 Å². The number of nitrogens with zero attached hydrogens (tertiary/aromatic N) is 3. The highest BCUT2D eigenvalue weighted by atomic mass is 16.6. The Hall–Kier alpha value is -5.25. The summed E-state index contributed by atoms with van der Waals surface area (Å²) >= 11 is 0. The van der Waals surface area contributed by atoms with E-state index in [0.717, 1.165) is 16.7 Å². The van der Waals surface area contributed by atoms with Crippen LogP contribution in [0.4, 0.5) is 22.9 Å². The number of benzene rings is 3. The number of carbonyl (C=O) groups excluding carboxylic acids is 2. The summed E-state index contributed by atoms with van der Waals surface area (Å²) in [7, 11) is 0. The van der Waals surface area contributed by atoms with Gasteiger partial charge in [0.25, 0.3) is 17.5 Å². The highest BCUT2D eigenvalue weighted by Crippen LogP contribution is 2.38. The second-order valence-corrected chi connectivity index (χ2v) is 9.86. The number of fused-ring (bicyclic) bond motifs is 1. The van der Waals surface area contributed by atoms with Crippen molar-refractivity contribution in [3.05, 3.63) is 122 Å². The van der Waals surface area contributed by atoms with E-state index >= 15 is 0 Å². The van der Waals surface area contributed by atoms with E-state index in [4.69, 9.17) is 0 Å². The Labute approximate surface area is 230 Å². The fourth-order valence-corrected chi connectivity index (χ4v) is 4.78. The molecule has 1 aromatic heterocycles. The number of aromatic nitrogens is 2. The van der Waals surface area contributed by atoms with Gasteiger partial charge in [-0.15, -0.1) is 0 Å². The Morgan fingerprint density at radius 3 is 2.23 bits per heavy atom. The zero-order valence-corrected chi connectivity index (χ0v) is 22.5. The van der Waals surface area contributed by atoms with Crippen molar-refractivity contribution in [2.24, 2.45) is 0 Å². The predicted molar refractivity (Wildman–Crippen MR) is 153 cm³/mol. The third-order valence-electron chi connectivity index (χ3n) is 6.87. The number of non-ortho nitro benzene ring substituents is 1. The van der Waals surface area contributed by atoms with Crippen LogP contribution in [0.1, 0.15) is 45.6 Å². The molecule has 0 unspecified atom stereocenters. The maximum Gasteiger partial charge on any atom is 0.269 e. The summed E-state index contributed by atoms with van der Waals surface area (Å²) in [5, 5.41) is 24.9. The molecule has 1 aliphatic rings. The average molecular weight is 537 g/mol. The molecular formula is C30H28N6O4. The van der Waals surface area contributed by atoms with Gasteiger partial charge in [-0.3, -0.25) is 19.7 Å². The molecule has 0 bridgehead atoms. The van der Waals surface area contributed by atoms with E-state index in [9.17, 15) is 19.7 Å². The summed E-state index contributed by atoms with van der Waals surface area (Å²) in [6, 6.07) is 18.4. The molecule has 1 atom stereocenters. The van der Waals surface area contributed by atoms with Crippen molar-refractivity contribution in [2.45, 2.75) is 33.7 Å². The Morgan fingerprint density at radius 2 is 1.57 bits per heavy atom. The summed E-state index contributed by atoms with van der Waals surface area (Å²) in [4.78, 5) is 37.8. The number of allylic oxidation sites excluding steroid dienone is 1. The van der Waals surface area contributed by atoms with Gasteiger partial charge in [0.1, 0.15) is 17.4 Å². The molecule has 2 amide bonds. The minimum absolute atomic E-state index is 0.0708. The van der Waals surface area contributed by atoms with Crippen molar-refractivity contribution in [3.8, 4) is 0 Å². The van der Waals surface area contributed by atoms with Crippen LogP contribution in [-0.2, 0) is 4.79 Å². The van der Waals surface area contributed by atoms with E-state index in [0.29, 0.717) is 39.6 Å². The van der Waals surface area contributed by atoms with E-state index in [-0.39, 0.29) is 17.5 Å². The lowest BCUT2D eigenvalue weighted by molar-refractivity contribution is -0.384. The molecule has 5 rings (SSSR count). The molecule has 3 N–H and O–H groups in total. The van der Waals surface area contributed by atoms with E-state index in [2.05, 4.69) is 21.0 Å². The van der Waals surface area contributed by atoms with Gasteiger partial charge in [0, 0.05) is 29.2 Å². The SMILES string of the molecule is CC1=C(C(=O)Nc2ccc(C)cc2C)[C@H](c2ccc([N+](=O)[O-])cc2)n2ncc(C(=O)Nc3ccc(C)cc3)c2N1. The van der Waals surface area contributed by atoms with Crippen LogP contribution < -0.4 is 16.0 Å². The molecule has 2 heterocycles. The molecule has 0 saturated carbocycles. The summed E-state index contributed by atoms with van der Waals surface area (Å²) in [6.07, 6.45) is 1.45. The number of hydrogen-bond donors (Lipinski definition) is 3. The lowest BCUT2D eigenvalue weighted by Crippen LogP contribution is -2.32. The first-order valence-electron chi connectivity index (χ1n) is 12.7. The summed E-state index contributed by atoms with van der Waals surface area (Å²) < 4.78 is 1.56. The summed E-state index contributed by atoms with van der Waals surface area (Å²) in [5.41, 5.74) is 6.09. The average Bonchev–Trinajstić information content (AvgIpc) is 3.34. The summed E-state index contributed by atoms with van der Waals surface area (Å²) in [5.74, 6) is -0.309. The van der Waals surface area contributed by atoms with Crippen molar-refractivity contribution in [3.63, 3.8) is 0 Å². The number of nitro benzene ring substituents is 1. The third kappa shape index (κ3) is 5.06. The Bertz CT molecular complexity index is 1670. The van der Waals surface area contributed by atoms with Crippen molar-refractivity contribution in [1.82, 2.24) is 9.78 Å². The number of carbonyl (C=O) groups is 2. The van der Waals surface area contributed by atoms with Crippen LogP contribution in [-0.4, -0.2) is 26.5 Å². The van der Waals surface area contributed by atoms with Gasteiger partial charge in [-0.25, -0.2) is 4.68 Å². The number of hydrogen-bond acceptors (Lipinski definition) is 6. The van der Waals surface area contributed by atoms with Crippen molar-refractivity contribution < 1.29 is 14.5 Å². The second-order valence-electron chi connectivity index (χ2n) is 9.86. The van der Waals surface area contributed by atoms with Gasteiger partial charge in [0.15, 0.2) is 0 Å². The molecule has 10 heteroatoms. The van der Waals surface area contributed by atoms with Crippen molar-refractivity contribution >= 4 is 34.7 Å². The van der Waals surface area contributed by atoms with Gasteiger partial charge in [0.05, 0.1) is 16.7 Å². The van der Waals surface area contributed by atoms with Crippen molar-refractivity contribution in [2.75, 3.05) is 16.0 Å². The fraction of sp³-hybridized carbons (Fsp3) is 0.167. The van der Waals surface area contributed by atoms with Crippen LogP contribution in [0.3, 0.4) is 0 Å². The number of nitrogens with one attached hydrogen (secondary N) is 3. The van der Waals surface area contributed by atoms with E-state index < -0.39 is 11.0 Å². The maximum absolute atomic E-state index is 13.8. The maximum atomic E-state index is 13.8. The molecular weight excluding hydrogens is 508 g/mol. The number of amides is 2. The van der Waals surface area contributed by atoms with Crippen LogP contribution in [0, 0.1) is 30.9 Å². The van der Waals surface area contributed by atoms with E-state index in [1.54, 1.807) is 23.7 Å². The standard InChI is InChI=1S/C30H28N6O4/c1-17-5-10-22(11-6-17)33-29(37)24-16-31-35-27(21-8-12-23(13-9-21)36(39)40)26(20(4)32-28(24)35)30(38)34-25-14-7-18(2)15-19(25)3/h5-16,27,32H,1-4H3,(H,33,37)(H,34,38)/t27-/m0/s1. The van der Waals surface area contributed by atoms with E-state index in [1.807, 2.05) is 63.2 Å². The monoisotopic (exact) mass is 536 g/mol. The molecule has 4 aromatic rings. The second kappa shape index (κ2) is 10.5.